The Morgan fingerprint density at radius 2 is 2.26 bits per heavy atom. The van der Waals surface area contributed by atoms with Gasteiger partial charge in [-0.15, -0.1) is 6.58 Å². The SMILES string of the molecule is C=CCNC(=O)C[NH+]1CCN(c2cccc[nH+]2)CC1. The maximum atomic E-state index is 11.6. The van der Waals surface area contributed by atoms with Gasteiger partial charge in [0, 0.05) is 12.6 Å². The highest BCUT2D eigenvalue weighted by Gasteiger charge is 2.26. The van der Waals surface area contributed by atoms with E-state index in [1.165, 1.54) is 4.90 Å². The minimum atomic E-state index is 0.106. The number of piperazine rings is 1. The molecule has 3 N–H and O–H groups in total. The maximum absolute atomic E-state index is 11.6. The first kappa shape index (κ1) is 13.5. The highest BCUT2D eigenvalue weighted by Crippen LogP contribution is 2.04. The molecule has 1 saturated heterocycles. The van der Waals surface area contributed by atoms with Crippen LogP contribution in [0.15, 0.2) is 37.1 Å². The van der Waals surface area contributed by atoms with Gasteiger partial charge in [-0.3, -0.25) is 9.69 Å². The van der Waals surface area contributed by atoms with E-state index in [-0.39, 0.29) is 5.91 Å². The first-order valence-corrected chi connectivity index (χ1v) is 6.72. The molecule has 0 unspecified atom stereocenters. The van der Waals surface area contributed by atoms with Gasteiger partial charge >= 0.3 is 0 Å². The van der Waals surface area contributed by atoms with E-state index in [4.69, 9.17) is 0 Å². The number of nitrogens with zero attached hydrogens (tertiary/aromatic N) is 1. The zero-order valence-electron chi connectivity index (χ0n) is 11.2. The summed E-state index contributed by atoms with van der Waals surface area (Å²) in [7, 11) is 0. The molecule has 1 fully saturated rings. The van der Waals surface area contributed by atoms with Gasteiger partial charge in [0.1, 0.15) is 26.2 Å². The van der Waals surface area contributed by atoms with Crippen molar-refractivity contribution in [1.29, 1.82) is 0 Å². The van der Waals surface area contributed by atoms with E-state index in [0.29, 0.717) is 13.1 Å². The van der Waals surface area contributed by atoms with Crippen molar-refractivity contribution in [1.82, 2.24) is 5.32 Å². The van der Waals surface area contributed by atoms with E-state index in [2.05, 4.69) is 27.8 Å². The maximum Gasteiger partial charge on any atom is 0.275 e. The van der Waals surface area contributed by atoms with Crippen LogP contribution < -0.4 is 20.1 Å². The molecule has 5 nitrogen and oxygen atoms in total. The Morgan fingerprint density at radius 1 is 1.47 bits per heavy atom. The molecule has 0 saturated carbocycles. The fourth-order valence-corrected chi connectivity index (χ4v) is 2.30. The van der Waals surface area contributed by atoms with Gasteiger partial charge in [0.15, 0.2) is 6.54 Å². The van der Waals surface area contributed by atoms with E-state index in [1.807, 2.05) is 18.3 Å². The molecule has 1 aliphatic heterocycles. The van der Waals surface area contributed by atoms with Gasteiger partial charge in [0.05, 0.1) is 6.20 Å². The van der Waals surface area contributed by atoms with Crippen molar-refractivity contribution in [2.75, 3.05) is 44.2 Å². The van der Waals surface area contributed by atoms with Crippen molar-refractivity contribution in [2.24, 2.45) is 0 Å². The molecule has 2 rings (SSSR count). The van der Waals surface area contributed by atoms with Crippen molar-refractivity contribution in [2.45, 2.75) is 0 Å². The Kier molecular flexibility index (Phi) is 4.92. The number of amides is 1. The Bertz CT molecular complexity index is 413. The standard InChI is InChI=1S/C14H20N4O/c1-2-6-16-14(19)12-17-8-10-18(11-9-17)13-5-3-4-7-15-13/h2-5,7H,1,6,8-12H2,(H,16,19)/p+2. The summed E-state index contributed by atoms with van der Waals surface area (Å²) in [6.45, 7) is 8.63. The lowest BCUT2D eigenvalue weighted by Gasteiger charge is -2.27. The van der Waals surface area contributed by atoms with Gasteiger partial charge in [0.2, 0.25) is 0 Å². The minimum absolute atomic E-state index is 0.106. The minimum Gasteiger partial charge on any atom is -0.348 e. The Morgan fingerprint density at radius 3 is 2.89 bits per heavy atom. The lowest BCUT2D eigenvalue weighted by atomic mass is 10.3. The molecule has 1 aromatic heterocycles. The molecular formula is C14H22N4O+2. The number of aromatic nitrogens is 1. The first-order chi connectivity index (χ1) is 9.29. The number of pyridine rings is 1. The van der Waals surface area contributed by atoms with Gasteiger partial charge in [-0.25, -0.2) is 4.98 Å². The van der Waals surface area contributed by atoms with Crippen LogP contribution in [0.2, 0.25) is 0 Å². The molecule has 102 valence electrons. The average molecular weight is 262 g/mol. The molecule has 0 aromatic carbocycles. The predicted octanol–water partition coefficient (Wildman–Crippen LogP) is -1.49. The zero-order chi connectivity index (χ0) is 13.5. The molecule has 1 aromatic rings. The molecule has 19 heavy (non-hydrogen) atoms. The molecule has 0 bridgehead atoms. The quantitative estimate of drug-likeness (QED) is 0.635. The molecular weight excluding hydrogens is 240 g/mol. The second-order valence-electron chi connectivity index (χ2n) is 4.75. The predicted molar refractivity (Wildman–Crippen MR) is 74.0 cm³/mol. The summed E-state index contributed by atoms with van der Waals surface area (Å²) in [6.07, 6.45) is 3.65. The van der Waals surface area contributed by atoms with Crippen molar-refractivity contribution >= 4 is 11.7 Å². The molecule has 0 aliphatic carbocycles. The summed E-state index contributed by atoms with van der Waals surface area (Å²) in [5.74, 6) is 1.26. The van der Waals surface area contributed by atoms with E-state index in [9.17, 15) is 4.79 Å². The lowest BCUT2D eigenvalue weighted by Crippen LogP contribution is -3.16. The third-order valence-corrected chi connectivity index (χ3v) is 3.36. The molecule has 1 amide bonds. The van der Waals surface area contributed by atoms with Crippen molar-refractivity contribution < 1.29 is 14.7 Å². The third kappa shape index (κ3) is 4.06. The molecule has 5 heteroatoms. The van der Waals surface area contributed by atoms with E-state index in [1.54, 1.807) is 6.08 Å². The van der Waals surface area contributed by atoms with Crippen molar-refractivity contribution in [3.63, 3.8) is 0 Å². The average Bonchev–Trinajstić information content (AvgIpc) is 2.47. The van der Waals surface area contributed by atoms with Crippen LogP contribution in [-0.4, -0.2) is 45.2 Å². The third-order valence-electron chi connectivity index (χ3n) is 3.36. The summed E-state index contributed by atoms with van der Waals surface area (Å²) in [4.78, 5) is 18.5. The summed E-state index contributed by atoms with van der Waals surface area (Å²) in [5, 5.41) is 2.82. The molecule has 0 spiro atoms. The monoisotopic (exact) mass is 262 g/mol. The Hall–Kier alpha value is -1.88. The first-order valence-electron chi connectivity index (χ1n) is 6.72. The summed E-state index contributed by atoms with van der Waals surface area (Å²) >= 11 is 0. The lowest BCUT2D eigenvalue weighted by molar-refractivity contribution is -0.892. The van der Waals surface area contributed by atoms with Crippen LogP contribution in [0.4, 0.5) is 5.82 Å². The van der Waals surface area contributed by atoms with E-state index in [0.717, 1.165) is 32.0 Å². The van der Waals surface area contributed by atoms with E-state index >= 15 is 0 Å². The Balaban J connectivity index is 1.76. The largest absolute Gasteiger partial charge is 0.348 e. The van der Waals surface area contributed by atoms with Gasteiger partial charge < -0.3 is 10.2 Å². The number of hydrogen-bond donors (Lipinski definition) is 2. The van der Waals surface area contributed by atoms with Crippen LogP contribution in [0, 0.1) is 0 Å². The number of carbonyl (C=O) groups is 1. The zero-order valence-corrected chi connectivity index (χ0v) is 11.2. The number of anilines is 1. The van der Waals surface area contributed by atoms with Crippen LogP contribution in [0.1, 0.15) is 0 Å². The van der Waals surface area contributed by atoms with Crippen LogP contribution in [0.3, 0.4) is 0 Å². The molecule has 0 radical (unpaired) electrons. The summed E-state index contributed by atoms with van der Waals surface area (Å²) in [5.41, 5.74) is 0. The van der Waals surface area contributed by atoms with Crippen molar-refractivity contribution in [3.8, 4) is 0 Å². The normalized spacial score (nSPS) is 16.1. The number of H-pyrrole nitrogens is 1. The second-order valence-corrected chi connectivity index (χ2v) is 4.75. The van der Waals surface area contributed by atoms with Gasteiger partial charge in [0.25, 0.3) is 11.7 Å². The van der Waals surface area contributed by atoms with Crippen LogP contribution >= 0.6 is 0 Å². The molecule has 1 aliphatic rings. The second kappa shape index (κ2) is 6.89. The number of quaternary nitrogens is 1. The highest BCUT2D eigenvalue weighted by atomic mass is 16.2. The number of aromatic amines is 1. The van der Waals surface area contributed by atoms with Crippen LogP contribution in [0.25, 0.3) is 0 Å². The topological polar surface area (TPSA) is 50.9 Å². The van der Waals surface area contributed by atoms with Gasteiger partial charge in [-0.1, -0.05) is 12.1 Å². The number of carbonyl (C=O) groups excluding carboxylic acids is 1. The fraction of sp³-hybridized carbons (Fsp3) is 0.429. The summed E-state index contributed by atoms with van der Waals surface area (Å²) < 4.78 is 0. The fourth-order valence-electron chi connectivity index (χ4n) is 2.30. The number of rotatable bonds is 5. The van der Waals surface area contributed by atoms with Crippen molar-refractivity contribution in [3.05, 3.63) is 37.1 Å². The van der Waals surface area contributed by atoms with E-state index < -0.39 is 0 Å². The highest BCUT2D eigenvalue weighted by molar-refractivity contribution is 5.76. The molecule has 0 atom stereocenters. The molecule has 2 heterocycles. The van der Waals surface area contributed by atoms with Crippen LogP contribution in [-0.2, 0) is 4.79 Å². The Labute approximate surface area is 113 Å². The van der Waals surface area contributed by atoms with Gasteiger partial charge in [-0.2, -0.15) is 0 Å². The van der Waals surface area contributed by atoms with Crippen LogP contribution in [0.5, 0.6) is 0 Å². The smallest absolute Gasteiger partial charge is 0.275 e. The number of hydrogen-bond acceptors (Lipinski definition) is 2. The number of nitrogens with one attached hydrogen (secondary N) is 3. The summed E-state index contributed by atoms with van der Waals surface area (Å²) in [6, 6.07) is 6.10. The van der Waals surface area contributed by atoms with Gasteiger partial charge in [-0.05, 0) is 6.07 Å².